The average Bonchev–Trinajstić information content (AvgIpc) is 2.83. The number of pyridine rings is 2. The van der Waals surface area contributed by atoms with Crippen molar-refractivity contribution < 1.29 is 4.74 Å². The molecular formula is C27H29N3O2. The maximum atomic E-state index is 11.7. The number of rotatable bonds is 10. The van der Waals surface area contributed by atoms with E-state index in [-0.39, 0.29) is 5.56 Å². The highest BCUT2D eigenvalue weighted by Crippen LogP contribution is 2.19. The molecule has 4 rings (SSSR count). The molecule has 0 amide bonds. The summed E-state index contributed by atoms with van der Waals surface area (Å²) in [5.74, 6) is 0.827. The van der Waals surface area contributed by atoms with Crippen molar-refractivity contribution in [3.05, 3.63) is 106 Å². The number of ether oxygens (including phenoxy) is 1. The van der Waals surface area contributed by atoms with Crippen LogP contribution in [0.1, 0.15) is 23.2 Å². The third-order valence-electron chi connectivity index (χ3n) is 5.59. The fourth-order valence-corrected chi connectivity index (χ4v) is 3.76. The van der Waals surface area contributed by atoms with Crippen molar-refractivity contribution in [2.45, 2.75) is 25.8 Å². The summed E-state index contributed by atoms with van der Waals surface area (Å²) in [5.41, 5.74) is 4.63. The van der Waals surface area contributed by atoms with Gasteiger partial charge in [0.05, 0.1) is 12.1 Å². The zero-order chi connectivity index (χ0) is 22.2. The van der Waals surface area contributed by atoms with Gasteiger partial charge in [0.1, 0.15) is 5.75 Å². The molecule has 0 radical (unpaired) electrons. The van der Waals surface area contributed by atoms with E-state index in [9.17, 15) is 4.79 Å². The minimum Gasteiger partial charge on any atom is -0.494 e. The summed E-state index contributed by atoms with van der Waals surface area (Å²) in [6.07, 6.45) is 4.77. The smallest absolute Gasteiger partial charge is 0.250 e. The van der Waals surface area contributed by atoms with E-state index in [0.717, 1.165) is 54.7 Å². The fourth-order valence-electron chi connectivity index (χ4n) is 3.76. The molecule has 5 heteroatoms. The summed E-state index contributed by atoms with van der Waals surface area (Å²) < 4.78 is 7.54. The summed E-state index contributed by atoms with van der Waals surface area (Å²) >= 11 is 0. The molecule has 2 heterocycles. The Kier molecular flexibility index (Phi) is 7.31. The van der Waals surface area contributed by atoms with Crippen LogP contribution in [-0.2, 0) is 26.4 Å². The van der Waals surface area contributed by atoms with E-state index >= 15 is 0 Å². The first-order valence-corrected chi connectivity index (χ1v) is 11.1. The second-order valence-electron chi connectivity index (χ2n) is 7.97. The van der Waals surface area contributed by atoms with Gasteiger partial charge in [-0.2, -0.15) is 0 Å². The quantitative estimate of drug-likeness (QED) is 0.384. The number of nitrogens with one attached hydrogen (secondary N) is 1. The SMILES string of the molecule is Cn1c(=O)ccc2cc(OCCCNCc3ccnc(CCc4ccccc4)c3)ccc21. The van der Waals surface area contributed by atoms with Gasteiger partial charge >= 0.3 is 0 Å². The summed E-state index contributed by atoms with van der Waals surface area (Å²) in [5, 5.41) is 4.49. The summed E-state index contributed by atoms with van der Waals surface area (Å²) in [4.78, 5) is 16.2. The molecule has 0 fully saturated rings. The third kappa shape index (κ3) is 5.83. The molecule has 2 aromatic carbocycles. The molecule has 0 saturated heterocycles. The molecule has 0 saturated carbocycles. The average molecular weight is 428 g/mol. The van der Waals surface area contributed by atoms with Crippen molar-refractivity contribution in [2.75, 3.05) is 13.2 Å². The second kappa shape index (κ2) is 10.7. The second-order valence-corrected chi connectivity index (χ2v) is 7.97. The van der Waals surface area contributed by atoms with Gasteiger partial charge in [0.15, 0.2) is 0 Å². The zero-order valence-electron chi connectivity index (χ0n) is 18.5. The van der Waals surface area contributed by atoms with Crippen LogP contribution in [0.25, 0.3) is 10.9 Å². The van der Waals surface area contributed by atoms with Crippen molar-refractivity contribution >= 4 is 10.9 Å². The van der Waals surface area contributed by atoms with Crippen LogP contribution >= 0.6 is 0 Å². The van der Waals surface area contributed by atoms with Crippen LogP contribution in [0.2, 0.25) is 0 Å². The Balaban J connectivity index is 1.18. The summed E-state index contributed by atoms with van der Waals surface area (Å²) in [6, 6.07) is 24.0. The Labute approximate surface area is 188 Å². The van der Waals surface area contributed by atoms with E-state index in [4.69, 9.17) is 4.74 Å². The predicted molar refractivity (Wildman–Crippen MR) is 129 cm³/mol. The maximum Gasteiger partial charge on any atom is 0.250 e. The third-order valence-corrected chi connectivity index (χ3v) is 5.59. The molecule has 4 aromatic rings. The lowest BCUT2D eigenvalue weighted by atomic mass is 10.1. The molecule has 0 spiro atoms. The molecule has 0 unspecified atom stereocenters. The van der Waals surface area contributed by atoms with Crippen LogP contribution < -0.4 is 15.6 Å². The lowest BCUT2D eigenvalue weighted by Crippen LogP contribution is -2.17. The molecule has 0 aliphatic carbocycles. The van der Waals surface area contributed by atoms with Gasteiger partial charge in [0, 0.05) is 36.9 Å². The van der Waals surface area contributed by atoms with Gasteiger partial charge in [-0.25, -0.2) is 0 Å². The zero-order valence-corrected chi connectivity index (χ0v) is 18.5. The highest BCUT2D eigenvalue weighted by atomic mass is 16.5. The normalized spacial score (nSPS) is 11.0. The lowest BCUT2D eigenvalue weighted by molar-refractivity contribution is 0.308. The van der Waals surface area contributed by atoms with E-state index in [1.54, 1.807) is 17.7 Å². The molecule has 0 atom stereocenters. The Morgan fingerprint density at radius 1 is 0.938 bits per heavy atom. The number of aryl methyl sites for hydroxylation is 3. The first-order chi connectivity index (χ1) is 15.7. The van der Waals surface area contributed by atoms with Crippen LogP contribution in [-0.4, -0.2) is 22.7 Å². The van der Waals surface area contributed by atoms with Crippen molar-refractivity contribution in [3.8, 4) is 5.75 Å². The van der Waals surface area contributed by atoms with E-state index in [1.807, 2.05) is 36.5 Å². The molecule has 5 nitrogen and oxygen atoms in total. The van der Waals surface area contributed by atoms with Crippen molar-refractivity contribution in [2.24, 2.45) is 7.05 Å². The minimum atomic E-state index is -0.00486. The Morgan fingerprint density at radius 3 is 2.69 bits per heavy atom. The van der Waals surface area contributed by atoms with Crippen LogP contribution in [0.5, 0.6) is 5.75 Å². The molecule has 1 N–H and O–H groups in total. The minimum absolute atomic E-state index is 0.00486. The van der Waals surface area contributed by atoms with Gasteiger partial charge in [0.2, 0.25) is 0 Å². The van der Waals surface area contributed by atoms with Gasteiger partial charge in [-0.3, -0.25) is 9.78 Å². The Hall–Kier alpha value is -3.44. The molecule has 2 aromatic heterocycles. The maximum absolute atomic E-state index is 11.7. The first-order valence-electron chi connectivity index (χ1n) is 11.1. The Bertz CT molecular complexity index is 1220. The van der Waals surface area contributed by atoms with Crippen molar-refractivity contribution in [3.63, 3.8) is 0 Å². The topological polar surface area (TPSA) is 56.1 Å². The van der Waals surface area contributed by atoms with Crippen molar-refractivity contribution in [1.82, 2.24) is 14.9 Å². The van der Waals surface area contributed by atoms with Gasteiger partial charge in [-0.15, -0.1) is 0 Å². The summed E-state index contributed by atoms with van der Waals surface area (Å²) in [7, 11) is 1.78. The van der Waals surface area contributed by atoms with E-state index in [1.165, 1.54) is 11.1 Å². The molecule has 0 aliphatic rings. The highest BCUT2D eigenvalue weighted by molar-refractivity contribution is 5.80. The van der Waals surface area contributed by atoms with E-state index in [0.29, 0.717) is 6.61 Å². The van der Waals surface area contributed by atoms with Gasteiger partial charge in [-0.1, -0.05) is 30.3 Å². The number of benzene rings is 2. The van der Waals surface area contributed by atoms with E-state index < -0.39 is 0 Å². The number of hydrogen-bond donors (Lipinski definition) is 1. The van der Waals surface area contributed by atoms with Crippen LogP contribution in [0.4, 0.5) is 0 Å². The molecule has 0 bridgehead atoms. The molecule has 164 valence electrons. The van der Waals surface area contributed by atoms with Gasteiger partial charge < -0.3 is 14.6 Å². The fraction of sp³-hybridized carbons (Fsp3) is 0.259. The molecule has 32 heavy (non-hydrogen) atoms. The largest absolute Gasteiger partial charge is 0.494 e. The molecular weight excluding hydrogens is 398 g/mol. The predicted octanol–water partition coefficient (Wildman–Crippen LogP) is 4.28. The van der Waals surface area contributed by atoms with E-state index in [2.05, 4.69) is 46.7 Å². The van der Waals surface area contributed by atoms with Crippen molar-refractivity contribution in [1.29, 1.82) is 0 Å². The highest BCUT2D eigenvalue weighted by Gasteiger charge is 2.02. The van der Waals surface area contributed by atoms with Gasteiger partial charge in [0.25, 0.3) is 5.56 Å². The van der Waals surface area contributed by atoms with Crippen LogP contribution in [0.15, 0.2) is 83.8 Å². The first kappa shape index (κ1) is 21.8. The lowest BCUT2D eigenvalue weighted by Gasteiger charge is -2.10. The Morgan fingerprint density at radius 2 is 1.81 bits per heavy atom. The monoisotopic (exact) mass is 427 g/mol. The summed E-state index contributed by atoms with van der Waals surface area (Å²) in [6.45, 7) is 2.34. The standard InChI is InChI=1S/C27H29N3O2/c1-30-26-12-11-25(19-23(26)9-13-27(30)31)32-17-5-15-28-20-22-14-16-29-24(18-22)10-8-21-6-3-2-4-7-21/h2-4,6-7,9,11-14,16,18-19,28H,5,8,10,15,17,20H2,1H3. The molecule has 0 aliphatic heterocycles. The van der Waals surface area contributed by atoms with Crippen LogP contribution in [0, 0.1) is 0 Å². The number of aromatic nitrogens is 2. The van der Waals surface area contributed by atoms with Crippen LogP contribution in [0.3, 0.4) is 0 Å². The number of fused-ring (bicyclic) bond motifs is 1. The number of nitrogens with zero attached hydrogens (tertiary/aromatic N) is 2. The van der Waals surface area contributed by atoms with Gasteiger partial charge in [-0.05, 0) is 73.3 Å². The number of hydrogen-bond acceptors (Lipinski definition) is 4.